The summed E-state index contributed by atoms with van der Waals surface area (Å²) in [6.45, 7) is 3.41. The third kappa shape index (κ3) is 2.68. The highest BCUT2D eigenvalue weighted by Gasteiger charge is 2.26. The predicted octanol–water partition coefficient (Wildman–Crippen LogP) is 0.458. The van der Waals surface area contributed by atoms with Gasteiger partial charge in [-0.3, -0.25) is 4.79 Å². The summed E-state index contributed by atoms with van der Waals surface area (Å²) in [5.41, 5.74) is 0.482. The number of hydrogen-bond donors (Lipinski definition) is 3. The number of phenols is 1. The fraction of sp³-hybridized carbons (Fsp3) is 0.385. The van der Waals surface area contributed by atoms with Gasteiger partial charge in [-0.05, 0) is 25.1 Å². The highest BCUT2D eigenvalue weighted by Crippen LogP contribution is 2.26. The van der Waals surface area contributed by atoms with Gasteiger partial charge in [-0.1, -0.05) is 0 Å². The van der Waals surface area contributed by atoms with Crippen LogP contribution in [-0.4, -0.2) is 47.6 Å². The summed E-state index contributed by atoms with van der Waals surface area (Å²) in [6.07, 6.45) is 0. The van der Waals surface area contributed by atoms with E-state index in [4.69, 9.17) is 5.11 Å². The van der Waals surface area contributed by atoms with Crippen LogP contribution in [0.3, 0.4) is 0 Å². The Bertz CT molecular complexity index is 515. The molecule has 6 nitrogen and oxygen atoms in total. The number of piperazine rings is 1. The van der Waals surface area contributed by atoms with Crippen molar-refractivity contribution in [2.45, 2.75) is 13.0 Å². The fourth-order valence-electron chi connectivity index (χ4n) is 2.25. The minimum atomic E-state index is -1.19. The Morgan fingerprint density at radius 3 is 2.79 bits per heavy atom. The molecule has 1 fully saturated rings. The normalized spacial score (nSPS) is 19.2. The lowest BCUT2D eigenvalue weighted by Gasteiger charge is -2.36. The third-order valence-corrected chi connectivity index (χ3v) is 3.25. The Kier molecular flexibility index (Phi) is 3.71. The summed E-state index contributed by atoms with van der Waals surface area (Å²) >= 11 is 0. The molecule has 1 unspecified atom stereocenters. The quantitative estimate of drug-likeness (QED) is 0.734. The molecule has 0 aliphatic carbocycles. The topological polar surface area (TPSA) is 89.9 Å². The van der Waals surface area contributed by atoms with Gasteiger partial charge in [-0.2, -0.15) is 0 Å². The molecule has 1 aliphatic rings. The average molecular weight is 264 g/mol. The molecule has 1 aliphatic heterocycles. The molecular formula is C13H16N2O4. The van der Waals surface area contributed by atoms with Gasteiger partial charge in [0.25, 0.3) is 0 Å². The summed E-state index contributed by atoms with van der Waals surface area (Å²) in [4.78, 5) is 24.5. The number of nitrogens with zero attached hydrogens (tertiary/aromatic N) is 1. The second-order valence-corrected chi connectivity index (χ2v) is 4.53. The molecule has 0 spiro atoms. The van der Waals surface area contributed by atoms with E-state index in [1.54, 1.807) is 6.07 Å². The fourth-order valence-corrected chi connectivity index (χ4v) is 2.25. The van der Waals surface area contributed by atoms with Gasteiger partial charge in [0.05, 0.1) is 6.04 Å². The second kappa shape index (κ2) is 5.27. The number of nitrogens with one attached hydrogen (secondary N) is 1. The zero-order chi connectivity index (χ0) is 14.0. The van der Waals surface area contributed by atoms with Crippen molar-refractivity contribution in [3.63, 3.8) is 0 Å². The lowest BCUT2D eigenvalue weighted by atomic mass is 10.1. The molecule has 0 aromatic heterocycles. The molecule has 1 aromatic rings. The highest BCUT2D eigenvalue weighted by atomic mass is 16.4. The third-order valence-electron chi connectivity index (χ3n) is 3.25. The summed E-state index contributed by atoms with van der Waals surface area (Å²) in [6, 6.07) is 4.07. The molecule has 0 radical (unpaired) electrons. The van der Waals surface area contributed by atoms with Crippen molar-refractivity contribution >= 4 is 17.4 Å². The first-order valence-corrected chi connectivity index (χ1v) is 6.05. The van der Waals surface area contributed by atoms with E-state index in [1.165, 1.54) is 19.1 Å². The standard InChI is InChI=1S/C13H16N2O4/c1-8(16)11-7-14-4-5-15(11)9-2-3-12(17)10(6-9)13(18)19/h2-3,6,11,14,17H,4-5,7H2,1H3,(H,18,19). The number of aromatic hydroxyl groups is 1. The number of ketones is 1. The number of aromatic carboxylic acids is 1. The smallest absolute Gasteiger partial charge is 0.339 e. The molecule has 2 rings (SSSR count). The molecular weight excluding hydrogens is 248 g/mol. The lowest BCUT2D eigenvalue weighted by Crippen LogP contribution is -2.54. The second-order valence-electron chi connectivity index (χ2n) is 4.53. The number of carbonyl (C=O) groups is 2. The van der Waals surface area contributed by atoms with Gasteiger partial charge >= 0.3 is 5.97 Å². The Labute approximate surface area is 110 Å². The Morgan fingerprint density at radius 2 is 2.16 bits per heavy atom. The summed E-state index contributed by atoms with van der Waals surface area (Å²) in [5.74, 6) is -1.43. The maximum Gasteiger partial charge on any atom is 0.339 e. The van der Waals surface area contributed by atoms with E-state index >= 15 is 0 Å². The number of rotatable bonds is 3. The molecule has 102 valence electrons. The molecule has 19 heavy (non-hydrogen) atoms. The van der Waals surface area contributed by atoms with E-state index in [1.807, 2.05) is 4.90 Å². The zero-order valence-electron chi connectivity index (χ0n) is 10.6. The maximum atomic E-state index is 11.6. The van der Waals surface area contributed by atoms with Gasteiger partial charge in [0.15, 0.2) is 5.78 Å². The van der Waals surface area contributed by atoms with Gasteiger partial charge in [0.2, 0.25) is 0 Å². The van der Waals surface area contributed by atoms with Crippen LogP contribution in [0.4, 0.5) is 5.69 Å². The van der Waals surface area contributed by atoms with Gasteiger partial charge in [0.1, 0.15) is 11.3 Å². The minimum Gasteiger partial charge on any atom is -0.507 e. The number of Topliss-reactive ketones (excluding diaryl/α,β-unsaturated/α-hetero) is 1. The molecule has 1 saturated heterocycles. The number of carboxylic acid groups (broad SMARTS) is 1. The van der Waals surface area contributed by atoms with Gasteiger partial charge < -0.3 is 20.4 Å². The molecule has 1 atom stereocenters. The van der Waals surface area contributed by atoms with Crippen molar-refractivity contribution in [1.29, 1.82) is 0 Å². The summed E-state index contributed by atoms with van der Waals surface area (Å²) < 4.78 is 0. The zero-order valence-corrected chi connectivity index (χ0v) is 10.6. The number of hydrogen-bond acceptors (Lipinski definition) is 5. The van der Waals surface area contributed by atoms with Crippen molar-refractivity contribution in [3.05, 3.63) is 23.8 Å². The van der Waals surface area contributed by atoms with Crippen LogP contribution in [0.1, 0.15) is 17.3 Å². The maximum absolute atomic E-state index is 11.6. The molecule has 0 bridgehead atoms. The largest absolute Gasteiger partial charge is 0.507 e. The van der Waals surface area contributed by atoms with Gasteiger partial charge in [-0.15, -0.1) is 0 Å². The number of benzene rings is 1. The number of anilines is 1. The van der Waals surface area contributed by atoms with E-state index in [2.05, 4.69) is 5.32 Å². The van der Waals surface area contributed by atoms with E-state index in [0.717, 1.165) is 6.54 Å². The van der Waals surface area contributed by atoms with Crippen molar-refractivity contribution < 1.29 is 19.8 Å². The molecule has 0 saturated carbocycles. The average Bonchev–Trinajstić information content (AvgIpc) is 2.39. The number of carbonyl (C=O) groups excluding carboxylic acids is 1. The molecule has 6 heteroatoms. The Balaban J connectivity index is 2.36. The Morgan fingerprint density at radius 1 is 1.42 bits per heavy atom. The predicted molar refractivity (Wildman–Crippen MR) is 69.8 cm³/mol. The summed E-state index contributed by atoms with van der Waals surface area (Å²) in [7, 11) is 0. The van der Waals surface area contributed by atoms with Crippen molar-refractivity contribution in [2.24, 2.45) is 0 Å². The SMILES string of the molecule is CC(=O)C1CNCCN1c1ccc(O)c(C(=O)O)c1. The van der Waals surface area contributed by atoms with E-state index < -0.39 is 5.97 Å². The minimum absolute atomic E-state index is 0.0251. The molecule has 1 heterocycles. The van der Waals surface area contributed by atoms with E-state index in [9.17, 15) is 14.7 Å². The van der Waals surface area contributed by atoms with Gasteiger partial charge in [-0.25, -0.2) is 4.79 Å². The highest BCUT2D eigenvalue weighted by molar-refractivity contribution is 5.92. The van der Waals surface area contributed by atoms with Crippen LogP contribution >= 0.6 is 0 Å². The van der Waals surface area contributed by atoms with Crippen LogP contribution in [0.5, 0.6) is 5.75 Å². The van der Waals surface area contributed by atoms with E-state index in [-0.39, 0.29) is 23.1 Å². The van der Waals surface area contributed by atoms with Crippen molar-refractivity contribution in [3.8, 4) is 5.75 Å². The van der Waals surface area contributed by atoms with Gasteiger partial charge in [0, 0.05) is 25.3 Å². The molecule has 3 N–H and O–H groups in total. The molecule has 0 amide bonds. The van der Waals surface area contributed by atoms with Crippen LogP contribution in [0.2, 0.25) is 0 Å². The summed E-state index contributed by atoms with van der Waals surface area (Å²) in [5, 5.41) is 21.6. The monoisotopic (exact) mass is 264 g/mol. The first-order valence-electron chi connectivity index (χ1n) is 6.05. The first kappa shape index (κ1) is 13.4. The lowest BCUT2D eigenvalue weighted by molar-refractivity contribution is -0.118. The first-order chi connectivity index (χ1) is 9.00. The van der Waals surface area contributed by atoms with Crippen molar-refractivity contribution in [1.82, 2.24) is 5.32 Å². The molecule has 1 aromatic carbocycles. The number of carboxylic acids is 1. The van der Waals surface area contributed by atoms with E-state index in [0.29, 0.717) is 18.8 Å². The van der Waals surface area contributed by atoms with Crippen molar-refractivity contribution in [2.75, 3.05) is 24.5 Å². The van der Waals surface area contributed by atoms with Crippen LogP contribution < -0.4 is 10.2 Å². The van der Waals surface area contributed by atoms with Crippen LogP contribution in [0.25, 0.3) is 0 Å². The van der Waals surface area contributed by atoms with Crippen LogP contribution in [0, 0.1) is 0 Å². The van der Waals surface area contributed by atoms with Crippen LogP contribution in [0.15, 0.2) is 18.2 Å². The Hall–Kier alpha value is -2.08. The van der Waals surface area contributed by atoms with Crippen LogP contribution in [-0.2, 0) is 4.79 Å².